The zero-order chi connectivity index (χ0) is 11.7. The summed E-state index contributed by atoms with van der Waals surface area (Å²) in [5.74, 6) is 0.705. The topological polar surface area (TPSA) is 32.7 Å². The van der Waals surface area contributed by atoms with Crippen LogP contribution in [0, 0.1) is 5.92 Å². The predicted octanol–water partition coefficient (Wildman–Crippen LogP) is 3.39. The van der Waals surface area contributed by atoms with Crippen molar-refractivity contribution in [1.82, 2.24) is 4.67 Å². The fraction of sp³-hybridized carbons (Fsp3) is 1.00. The van der Waals surface area contributed by atoms with E-state index in [0.717, 1.165) is 19.7 Å². The van der Waals surface area contributed by atoms with Crippen LogP contribution in [0.25, 0.3) is 0 Å². The van der Waals surface area contributed by atoms with E-state index in [1.165, 1.54) is 19.3 Å². The largest absolute Gasteiger partial charge is 0.338 e. The second-order valence-electron chi connectivity index (χ2n) is 3.62. The second kappa shape index (κ2) is 9.53. The smallest absolute Gasteiger partial charge is 0.255 e. The number of hydrogen-bond donors (Lipinski definition) is 1. The minimum Gasteiger partial charge on any atom is -0.338 e. The minimum atomic E-state index is -1.18. The average Bonchev–Trinajstić information content (AvgIpc) is 2.71. The summed E-state index contributed by atoms with van der Waals surface area (Å²) in [4.78, 5) is 9.16. The van der Waals surface area contributed by atoms with Gasteiger partial charge in [0.05, 0.1) is 6.61 Å². The molecule has 0 aromatic heterocycles. The van der Waals surface area contributed by atoms with Crippen molar-refractivity contribution in [2.75, 3.05) is 19.7 Å². The van der Waals surface area contributed by atoms with Crippen molar-refractivity contribution in [3.05, 3.63) is 0 Å². The maximum atomic E-state index is 9.16. The van der Waals surface area contributed by atoms with Gasteiger partial charge in [-0.15, -0.1) is 0 Å². The number of hydrogen-bond acceptors (Lipinski definition) is 3. The van der Waals surface area contributed by atoms with Crippen molar-refractivity contribution in [2.45, 2.75) is 47.0 Å². The first-order valence-electron chi connectivity index (χ1n) is 6.14. The van der Waals surface area contributed by atoms with Crippen LogP contribution < -0.4 is 0 Å². The van der Waals surface area contributed by atoms with Gasteiger partial charge < -0.3 is 9.42 Å². The summed E-state index contributed by atoms with van der Waals surface area (Å²) in [5.41, 5.74) is 0. The van der Waals surface area contributed by atoms with Crippen LogP contribution in [0.2, 0.25) is 0 Å². The van der Waals surface area contributed by atoms with Crippen LogP contribution in [-0.2, 0) is 4.52 Å². The molecule has 2 rings (SSSR count). The number of fused-ring (bicyclic) bond motifs is 2. The summed E-state index contributed by atoms with van der Waals surface area (Å²) >= 11 is 0. The van der Waals surface area contributed by atoms with Gasteiger partial charge in [-0.05, 0) is 12.3 Å². The van der Waals surface area contributed by atoms with Gasteiger partial charge in [0.25, 0.3) is 8.53 Å². The third-order valence-corrected chi connectivity index (χ3v) is 3.66. The highest BCUT2D eigenvalue weighted by Crippen LogP contribution is 2.45. The second-order valence-corrected chi connectivity index (χ2v) is 4.95. The quantitative estimate of drug-likeness (QED) is 0.707. The molecule has 92 valence electrons. The molecule has 0 aliphatic carbocycles. The number of rotatable bonds is 1. The Morgan fingerprint density at radius 2 is 1.93 bits per heavy atom. The molecule has 0 radical (unpaired) electrons. The van der Waals surface area contributed by atoms with Crippen LogP contribution in [0.15, 0.2) is 0 Å². The first kappa shape index (κ1) is 15.3. The Morgan fingerprint density at radius 3 is 2.40 bits per heavy atom. The van der Waals surface area contributed by atoms with Crippen molar-refractivity contribution < 1.29 is 9.42 Å². The van der Waals surface area contributed by atoms with Crippen LogP contribution in [-0.4, -0.2) is 29.3 Å². The Labute approximate surface area is 95.8 Å². The molecule has 1 N–H and O–H groups in total. The summed E-state index contributed by atoms with van der Waals surface area (Å²) in [7, 11) is -1.18. The van der Waals surface area contributed by atoms with Gasteiger partial charge in [-0.3, -0.25) is 0 Å². The molecule has 3 unspecified atom stereocenters. The van der Waals surface area contributed by atoms with Crippen LogP contribution in [0.5, 0.6) is 0 Å². The molecule has 2 heterocycles. The van der Waals surface area contributed by atoms with E-state index in [9.17, 15) is 0 Å². The molecule has 4 heteroatoms. The SMILES string of the molecule is CC.CCCC.OP1OCC2CCN1C2. The Balaban J connectivity index is 0.000000282. The first-order valence-corrected chi connectivity index (χ1v) is 7.31. The molecule has 2 saturated heterocycles. The Bertz CT molecular complexity index is 145. The Hall–Kier alpha value is 0.310. The average molecular weight is 235 g/mol. The van der Waals surface area contributed by atoms with E-state index < -0.39 is 8.53 Å². The molecule has 0 saturated carbocycles. The van der Waals surface area contributed by atoms with E-state index in [0.29, 0.717) is 5.92 Å². The van der Waals surface area contributed by atoms with E-state index in [4.69, 9.17) is 9.42 Å². The highest BCUT2D eigenvalue weighted by atomic mass is 31.2. The standard InChI is InChI=1S/C5H10NO2P.C4H10.C2H6/c7-9-6-2-1-5(3-6)4-8-9;1-3-4-2;1-2/h5,7H,1-4H2;3-4H2,1-2H3;1-2H3. The maximum absolute atomic E-state index is 9.16. The van der Waals surface area contributed by atoms with Gasteiger partial charge in [0, 0.05) is 13.1 Å². The van der Waals surface area contributed by atoms with Gasteiger partial charge >= 0.3 is 0 Å². The van der Waals surface area contributed by atoms with E-state index in [1.807, 2.05) is 18.5 Å². The summed E-state index contributed by atoms with van der Waals surface area (Å²) in [6.07, 6.45) is 3.85. The van der Waals surface area contributed by atoms with Crippen molar-refractivity contribution >= 4 is 8.53 Å². The van der Waals surface area contributed by atoms with E-state index >= 15 is 0 Å². The van der Waals surface area contributed by atoms with Crippen molar-refractivity contribution in [3.8, 4) is 0 Å². The van der Waals surface area contributed by atoms with E-state index in [-0.39, 0.29) is 0 Å². The highest BCUT2D eigenvalue weighted by molar-refractivity contribution is 7.43. The molecule has 0 aromatic carbocycles. The molecule has 2 aliphatic rings. The molecule has 2 bridgehead atoms. The molecule has 2 fully saturated rings. The molecule has 3 nitrogen and oxygen atoms in total. The summed E-state index contributed by atoms with van der Waals surface area (Å²) < 4.78 is 7.14. The molecule has 2 aliphatic heterocycles. The lowest BCUT2D eigenvalue weighted by molar-refractivity contribution is 0.198. The zero-order valence-corrected chi connectivity index (χ0v) is 11.5. The lowest BCUT2D eigenvalue weighted by Crippen LogP contribution is -2.23. The number of nitrogens with zero attached hydrogens (tertiary/aromatic N) is 1. The van der Waals surface area contributed by atoms with Crippen molar-refractivity contribution in [2.24, 2.45) is 5.92 Å². The van der Waals surface area contributed by atoms with Crippen LogP contribution in [0.4, 0.5) is 0 Å². The van der Waals surface area contributed by atoms with Crippen LogP contribution in [0.3, 0.4) is 0 Å². The fourth-order valence-corrected chi connectivity index (χ4v) is 2.52. The molecular formula is C11H26NO2P. The van der Waals surface area contributed by atoms with Crippen LogP contribution in [0.1, 0.15) is 47.0 Å². The third-order valence-electron chi connectivity index (χ3n) is 2.43. The molecule has 15 heavy (non-hydrogen) atoms. The normalized spacial score (nSPS) is 32.2. The first-order chi connectivity index (χ1) is 7.27. The Morgan fingerprint density at radius 1 is 1.33 bits per heavy atom. The molecule has 0 aromatic rings. The van der Waals surface area contributed by atoms with Gasteiger partial charge in [0.15, 0.2) is 0 Å². The molecule has 0 amide bonds. The van der Waals surface area contributed by atoms with Gasteiger partial charge in [-0.2, -0.15) is 0 Å². The zero-order valence-electron chi connectivity index (χ0n) is 10.6. The number of unbranched alkanes of at least 4 members (excludes halogenated alkanes) is 1. The lowest BCUT2D eigenvalue weighted by Gasteiger charge is -2.25. The predicted molar refractivity (Wildman–Crippen MR) is 66.7 cm³/mol. The molecular weight excluding hydrogens is 209 g/mol. The Kier molecular flexibility index (Phi) is 9.73. The highest BCUT2D eigenvalue weighted by Gasteiger charge is 2.33. The van der Waals surface area contributed by atoms with Gasteiger partial charge in [-0.25, -0.2) is 4.67 Å². The lowest BCUT2D eigenvalue weighted by atomic mass is 10.1. The third kappa shape index (κ3) is 5.82. The van der Waals surface area contributed by atoms with E-state index in [1.54, 1.807) is 0 Å². The maximum Gasteiger partial charge on any atom is 0.255 e. The summed E-state index contributed by atoms with van der Waals surface area (Å²) in [6, 6.07) is 0. The van der Waals surface area contributed by atoms with Crippen LogP contribution >= 0.6 is 8.53 Å². The monoisotopic (exact) mass is 235 g/mol. The minimum absolute atomic E-state index is 0.705. The molecule has 0 spiro atoms. The van der Waals surface area contributed by atoms with Gasteiger partial charge in [0.1, 0.15) is 0 Å². The van der Waals surface area contributed by atoms with Gasteiger partial charge in [-0.1, -0.05) is 40.5 Å². The molecule has 3 atom stereocenters. The van der Waals surface area contributed by atoms with Crippen molar-refractivity contribution in [1.29, 1.82) is 0 Å². The summed E-state index contributed by atoms with van der Waals surface area (Å²) in [6.45, 7) is 11.2. The van der Waals surface area contributed by atoms with Gasteiger partial charge in [0.2, 0.25) is 0 Å². The van der Waals surface area contributed by atoms with E-state index in [2.05, 4.69) is 13.8 Å². The summed E-state index contributed by atoms with van der Waals surface area (Å²) in [5, 5.41) is 0. The van der Waals surface area contributed by atoms with Crippen molar-refractivity contribution in [3.63, 3.8) is 0 Å². The fourth-order valence-electron chi connectivity index (χ4n) is 1.36.